The van der Waals surface area contributed by atoms with Crippen LogP contribution < -0.4 is 0 Å². The molecule has 92 valence electrons. The van der Waals surface area contributed by atoms with Crippen LogP contribution in [0.5, 0.6) is 0 Å². The zero-order valence-corrected chi connectivity index (χ0v) is 10.9. The van der Waals surface area contributed by atoms with E-state index in [-0.39, 0.29) is 0 Å². The predicted molar refractivity (Wildman–Crippen MR) is 72.2 cm³/mol. The normalized spacial score (nSPS) is 10.3. The van der Waals surface area contributed by atoms with Gasteiger partial charge in [0.15, 0.2) is 0 Å². The Morgan fingerprint density at radius 3 is 2.83 bits per heavy atom. The van der Waals surface area contributed by atoms with Gasteiger partial charge in [0.25, 0.3) is 0 Å². The maximum Gasteiger partial charge on any atom is 0.335 e. The van der Waals surface area contributed by atoms with Gasteiger partial charge in [0.1, 0.15) is 5.15 Å². The molecule has 0 aliphatic carbocycles. The van der Waals surface area contributed by atoms with Crippen molar-refractivity contribution in [2.75, 3.05) is 0 Å². The van der Waals surface area contributed by atoms with Crippen molar-refractivity contribution in [2.24, 2.45) is 0 Å². The fourth-order valence-electron chi connectivity index (χ4n) is 1.38. The highest BCUT2D eigenvalue weighted by Gasteiger charge is 2.04. The smallest absolute Gasteiger partial charge is 0.335 e. The van der Waals surface area contributed by atoms with Gasteiger partial charge in [0, 0.05) is 16.8 Å². The first-order valence-electron chi connectivity index (χ1n) is 5.22. The zero-order valence-electron chi connectivity index (χ0n) is 9.34. The molecule has 2 aromatic rings. The molecule has 0 aliphatic rings. The lowest BCUT2D eigenvalue weighted by molar-refractivity contribution is 0.0696. The van der Waals surface area contributed by atoms with E-state index in [0.29, 0.717) is 10.7 Å². The van der Waals surface area contributed by atoms with E-state index in [0.717, 1.165) is 16.2 Å². The van der Waals surface area contributed by atoms with Crippen LogP contribution in [0.1, 0.15) is 15.9 Å². The zero-order chi connectivity index (χ0) is 13.0. The van der Waals surface area contributed by atoms with Gasteiger partial charge in [0.2, 0.25) is 0 Å². The van der Waals surface area contributed by atoms with E-state index in [2.05, 4.69) is 4.98 Å². The molecule has 0 spiro atoms. The van der Waals surface area contributed by atoms with Gasteiger partial charge in [0.05, 0.1) is 5.56 Å². The number of hydrogen-bond acceptors (Lipinski definition) is 3. The van der Waals surface area contributed by atoms with Crippen molar-refractivity contribution in [2.45, 2.75) is 10.6 Å². The molecule has 0 aliphatic heterocycles. The van der Waals surface area contributed by atoms with E-state index in [1.165, 1.54) is 0 Å². The summed E-state index contributed by atoms with van der Waals surface area (Å²) in [4.78, 5) is 15.7. The Bertz CT molecular complexity index is 557. The number of pyridine rings is 1. The summed E-state index contributed by atoms with van der Waals surface area (Å²) in [5, 5.41) is 9.36. The van der Waals surface area contributed by atoms with Gasteiger partial charge in [-0.15, -0.1) is 11.8 Å². The van der Waals surface area contributed by atoms with Gasteiger partial charge in [-0.1, -0.05) is 23.7 Å². The summed E-state index contributed by atoms with van der Waals surface area (Å²) in [5.74, 6) is -0.182. The molecule has 1 N–H and O–H groups in total. The number of benzene rings is 1. The average molecular weight is 280 g/mol. The van der Waals surface area contributed by atoms with Crippen LogP contribution in [0.3, 0.4) is 0 Å². The van der Waals surface area contributed by atoms with Gasteiger partial charge in [-0.2, -0.15) is 0 Å². The second-order valence-corrected chi connectivity index (χ2v) is 5.05. The molecule has 0 fully saturated rings. The van der Waals surface area contributed by atoms with Crippen molar-refractivity contribution in [1.82, 2.24) is 4.98 Å². The SMILES string of the molecule is O=C(O)c1cccc(SCc2ccc(Cl)nc2)c1. The Balaban J connectivity index is 2.04. The molecule has 1 heterocycles. The van der Waals surface area contributed by atoms with Crippen LogP contribution in [-0.4, -0.2) is 16.1 Å². The van der Waals surface area contributed by atoms with Crippen molar-refractivity contribution in [3.8, 4) is 0 Å². The van der Waals surface area contributed by atoms with E-state index < -0.39 is 5.97 Å². The summed E-state index contributed by atoms with van der Waals surface area (Å²) in [6.45, 7) is 0. The van der Waals surface area contributed by atoms with E-state index in [1.54, 1.807) is 42.2 Å². The maximum absolute atomic E-state index is 10.8. The Morgan fingerprint density at radius 2 is 2.17 bits per heavy atom. The first-order chi connectivity index (χ1) is 8.65. The molecule has 0 atom stereocenters. The average Bonchev–Trinajstić information content (AvgIpc) is 2.38. The topological polar surface area (TPSA) is 50.2 Å². The second-order valence-electron chi connectivity index (χ2n) is 3.61. The van der Waals surface area contributed by atoms with Crippen LogP contribution in [0.4, 0.5) is 0 Å². The van der Waals surface area contributed by atoms with E-state index >= 15 is 0 Å². The largest absolute Gasteiger partial charge is 0.478 e. The number of thioether (sulfide) groups is 1. The fraction of sp³-hybridized carbons (Fsp3) is 0.0769. The summed E-state index contributed by atoms with van der Waals surface area (Å²) in [6.07, 6.45) is 1.72. The van der Waals surface area contributed by atoms with Crippen molar-refractivity contribution in [3.05, 3.63) is 58.9 Å². The standard InChI is InChI=1S/C13H10ClNO2S/c14-12-5-4-9(7-15-12)8-18-11-3-1-2-10(6-11)13(16)17/h1-7H,8H2,(H,16,17). The number of aromatic nitrogens is 1. The second kappa shape index (κ2) is 5.89. The minimum atomic E-state index is -0.911. The molecular weight excluding hydrogens is 270 g/mol. The van der Waals surface area contributed by atoms with Crippen LogP contribution in [-0.2, 0) is 5.75 Å². The van der Waals surface area contributed by atoms with E-state index in [9.17, 15) is 4.79 Å². The van der Waals surface area contributed by atoms with E-state index in [4.69, 9.17) is 16.7 Å². The summed E-state index contributed by atoms with van der Waals surface area (Å²) >= 11 is 7.27. The lowest BCUT2D eigenvalue weighted by atomic mass is 10.2. The maximum atomic E-state index is 10.8. The van der Waals surface area contributed by atoms with Crippen LogP contribution in [0.15, 0.2) is 47.5 Å². The minimum absolute atomic E-state index is 0.300. The molecule has 0 bridgehead atoms. The van der Waals surface area contributed by atoms with Gasteiger partial charge >= 0.3 is 5.97 Å². The predicted octanol–water partition coefficient (Wildman–Crippen LogP) is 3.73. The number of nitrogens with zero attached hydrogens (tertiary/aromatic N) is 1. The Hall–Kier alpha value is -1.52. The van der Waals surface area contributed by atoms with Crippen LogP contribution in [0.2, 0.25) is 5.15 Å². The van der Waals surface area contributed by atoms with Crippen LogP contribution >= 0.6 is 23.4 Å². The Labute approximate surface area is 114 Å². The highest BCUT2D eigenvalue weighted by Crippen LogP contribution is 2.23. The number of carboxylic acid groups (broad SMARTS) is 1. The highest BCUT2D eigenvalue weighted by molar-refractivity contribution is 7.98. The third-order valence-corrected chi connectivity index (χ3v) is 3.56. The van der Waals surface area contributed by atoms with Crippen molar-refractivity contribution >= 4 is 29.3 Å². The fourth-order valence-corrected chi connectivity index (χ4v) is 2.38. The lowest BCUT2D eigenvalue weighted by Crippen LogP contribution is -1.95. The monoisotopic (exact) mass is 279 g/mol. The number of carboxylic acids is 1. The van der Waals surface area contributed by atoms with Crippen LogP contribution in [0.25, 0.3) is 0 Å². The van der Waals surface area contributed by atoms with Crippen molar-refractivity contribution in [3.63, 3.8) is 0 Å². The van der Waals surface area contributed by atoms with Gasteiger partial charge in [-0.05, 0) is 29.8 Å². The molecule has 1 aromatic carbocycles. The molecule has 1 aromatic heterocycles. The van der Waals surface area contributed by atoms with E-state index in [1.807, 2.05) is 12.1 Å². The summed E-state index contributed by atoms with van der Waals surface area (Å²) in [7, 11) is 0. The number of carbonyl (C=O) groups is 1. The first kappa shape index (κ1) is 12.9. The Kier molecular flexibility index (Phi) is 4.23. The van der Waals surface area contributed by atoms with Gasteiger partial charge < -0.3 is 5.11 Å². The van der Waals surface area contributed by atoms with Gasteiger partial charge in [-0.25, -0.2) is 9.78 Å². The van der Waals surface area contributed by atoms with Crippen LogP contribution in [0, 0.1) is 0 Å². The first-order valence-corrected chi connectivity index (χ1v) is 6.58. The lowest BCUT2D eigenvalue weighted by Gasteiger charge is -2.03. The third-order valence-electron chi connectivity index (χ3n) is 2.28. The Morgan fingerprint density at radius 1 is 1.33 bits per heavy atom. The minimum Gasteiger partial charge on any atom is -0.478 e. The summed E-state index contributed by atoms with van der Waals surface area (Å²) < 4.78 is 0. The molecule has 0 amide bonds. The number of aromatic carboxylic acids is 1. The third kappa shape index (κ3) is 3.48. The molecule has 0 saturated heterocycles. The molecule has 0 unspecified atom stereocenters. The summed E-state index contributed by atoms with van der Waals surface area (Å²) in [6, 6.07) is 10.5. The van der Waals surface area contributed by atoms with Crippen molar-refractivity contribution in [1.29, 1.82) is 0 Å². The van der Waals surface area contributed by atoms with Crippen molar-refractivity contribution < 1.29 is 9.90 Å². The highest BCUT2D eigenvalue weighted by atomic mass is 35.5. The molecule has 0 saturated carbocycles. The number of halogens is 1. The molecule has 18 heavy (non-hydrogen) atoms. The summed E-state index contributed by atoms with van der Waals surface area (Å²) in [5.41, 5.74) is 1.35. The number of rotatable bonds is 4. The van der Waals surface area contributed by atoms with Gasteiger partial charge in [-0.3, -0.25) is 0 Å². The molecule has 5 heteroatoms. The molecule has 0 radical (unpaired) electrons. The molecular formula is C13H10ClNO2S. The molecule has 3 nitrogen and oxygen atoms in total. The number of hydrogen-bond donors (Lipinski definition) is 1. The quantitative estimate of drug-likeness (QED) is 0.684. The molecule has 2 rings (SSSR count).